The third-order valence-corrected chi connectivity index (χ3v) is 6.11. The fourth-order valence-corrected chi connectivity index (χ4v) is 4.50. The lowest BCUT2D eigenvalue weighted by atomic mass is 10.0. The molecule has 34 heavy (non-hydrogen) atoms. The Morgan fingerprint density at radius 3 is 2.21 bits per heavy atom. The van der Waals surface area contributed by atoms with Crippen LogP contribution in [0.4, 0.5) is 29.2 Å². The Bertz CT molecular complexity index is 1330. The molecule has 0 unspecified atom stereocenters. The lowest BCUT2D eigenvalue weighted by molar-refractivity contribution is -0.136. The van der Waals surface area contributed by atoms with Crippen molar-refractivity contribution >= 4 is 28.5 Å². The highest BCUT2D eigenvalue weighted by Crippen LogP contribution is 2.46. The monoisotopic (exact) mass is 477 g/mol. The summed E-state index contributed by atoms with van der Waals surface area (Å²) in [6, 6.07) is 2.70. The molecule has 1 N–H and O–H groups in total. The first kappa shape index (κ1) is 22.1. The predicted octanol–water partition coefficient (Wildman–Crippen LogP) is 3.31. The van der Waals surface area contributed by atoms with Gasteiger partial charge in [-0.15, -0.1) is 0 Å². The van der Waals surface area contributed by atoms with Crippen LogP contribution in [0.3, 0.4) is 0 Å². The third kappa shape index (κ3) is 3.72. The second kappa shape index (κ2) is 7.96. The first-order chi connectivity index (χ1) is 16.2. The molecular weight excluding hydrogens is 458 g/mol. The lowest BCUT2D eigenvalue weighted by Crippen LogP contribution is -2.48. The van der Waals surface area contributed by atoms with E-state index in [-0.39, 0.29) is 26.2 Å². The maximum absolute atomic E-state index is 15.3. The number of fused-ring (bicyclic) bond motifs is 1. The van der Waals surface area contributed by atoms with Crippen molar-refractivity contribution in [3.8, 4) is 0 Å². The average Bonchev–Trinajstić information content (AvgIpc) is 3.64. The number of rotatable bonds is 4. The topological polar surface area (TPSA) is 91.6 Å². The Kier molecular flexibility index (Phi) is 5.18. The van der Waals surface area contributed by atoms with Crippen LogP contribution in [-0.2, 0) is 6.18 Å². The first-order valence-electron chi connectivity index (χ1n) is 10.7. The second-order valence-corrected chi connectivity index (χ2v) is 8.30. The molecule has 1 saturated heterocycles. The van der Waals surface area contributed by atoms with Crippen LogP contribution in [0.15, 0.2) is 35.4 Å². The molecule has 1 aliphatic heterocycles. The minimum absolute atomic E-state index is 0.0516. The van der Waals surface area contributed by atoms with Gasteiger partial charge in [-0.05, 0) is 25.0 Å². The summed E-state index contributed by atoms with van der Waals surface area (Å²) in [5.74, 6) is -2.26. The summed E-state index contributed by atoms with van der Waals surface area (Å²) in [6.45, 7) is 0.610. The SMILES string of the molecule is O=C(O)c1cc(=O)c2cc(F)c(N3CCN(c4ncccn4)CC3)c(C(F)(F)F)c2n1C1CC1. The van der Waals surface area contributed by atoms with Crippen molar-refractivity contribution < 1.29 is 27.5 Å². The smallest absolute Gasteiger partial charge is 0.420 e. The first-order valence-corrected chi connectivity index (χ1v) is 10.7. The quantitative estimate of drug-likeness (QED) is 0.577. The fourth-order valence-electron chi connectivity index (χ4n) is 4.50. The average molecular weight is 477 g/mol. The molecule has 178 valence electrons. The molecule has 0 radical (unpaired) electrons. The van der Waals surface area contributed by atoms with E-state index in [0.717, 1.165) is 16.7 Å². The number of hydrogen-bond acceptors (Lipinski definition) is 6. The molecule has 0 bridgehead atoms. The summed E-state index contributed by atoms with van der Waals surface area (Å²) in [5.41, 5.74) is -4.07. The van der Waals surface area contributed by atoms with Crippen LogP contribution in [0.25, 0.3) is 10.9 Å². The highest BCUT2D eigenvalue weighted by molar-refractivity contribution is 5.94. The molecule has 3 aromatic rings. The Hall–Kier alpha value is -3.70. The number of halogens is 4. The largest absolute Gasteiger partial charge is 0.477 e. The molecule has 1 aromatic carbocycles. The van der Waals surface area contributed by atoms with Gasteiger partial charge in [0.25, 0.3) is 0 Å². The van der Waals surface area contributed by atoms with Gasteiger partial charge in [0, 0.05) is 56.1 Å². The second-order valence-electron chi connectivity index (χ2n) is 8.30. The van der Waals surface area contributed by atoms with Crippen LogP contribution in [0.1, 0.15) is 34.9 Å². The maximum atomic E-state index is 15.3. The van der Waals surface area contributed by atoms with E-state index in [2.05, 4.69) is 9.97 Å². The highest BCUT2D eigenvalue weighted by Gasteiger charge is 2.43. The van der Waals surface area contributed by atoms with Crippen molar-refractivity contribution in [2.24, 2.45) is 0 Å². The summed E-state index contributed by atoms with van der Waals surface area (Å²) in [7, 11) is 0. The minimum atomic E-state index is -5.03. The number of benzene rings is 1. The van der Waals surface area contributed by atoms with Gasteiger partial charge in [-0.3, -0.25) is 4.79 Å². The molecule has 2 fully saturated rings. The summed E-state index contributed by atoms with van der Waals surface area (Å²) in [4.78, 5) is 35.7. The van der Waals surface area contributed by atoms with E-state index in [1.165, 1.54) is 4.90 Å². The van der Waals surface area contributed by atoms with Crippen molar-refractivity contribution in [2.75, 3.05) is 36.0 Å². The van der Waals surface area contributed by atoms with Gasteiger partial charge in [0.15, 0.2) is 5.43 Å². The van der Waals surface area contributed by atoms with Gasteiger partial charge < -0.3 is 19.5 Å². The lowest BCUT2D eigenvalue weighted by Gasteiger charge is -2.37. The normalized spacial score (nSPS) is 16.8. The molecule has 3 heterocycles. The van der Waals surface area contributed by atoms with Crippen LogP contribution in [0.5, 0.6) is 0 Å². The van der Waals surface area contributed by atoms with E-state index in [1.54, 1.807) is 23.4 Å². The Labute approximate surface area is 190 Å². The van der Waals surface area contributed by atoms with Crippen LogP contribution >= 0.6 is 0 Å². The molecule has 8 nitrogen and oxygen atoms in total. The molecule has 5 rings (SSSR count). The molecule has 0 spiro atoms. The van der Waals surface area contributed by atoms with Gasteiger partial charge in [-0.1, -0.05) is 0 Å². The van der Waals surface area contributed by atoms with Crippen LogP contribution < -0.4 is 15.2 Å². The molecule has 0 amide bonds. The molecule has 0 atom stereocenters. The number of carbonyl (C=O) groups is 1. The summed E-state index contributed by atoms with van der Waals surface area (Å²) in [6.07, 6.45) is -0.987. The van der Waals surface area contributed by atoms with Gasteiger partial charge >= 0.3 is 12.1 Å². The number of nitrogens with zero attached hydrogens (tertiary/aromatic N) is 5. The number of alkyl halides is 3. The predicted molar refractivity (Wildman–Crippen MR) is 115 cm³/mol. The molecule has 2 aromatic heterocycles. The number of piperazine rings is 1. The summed E-state index contributed by atoms with van der Waals surface area (Å²) < 4.78 is 59.8. The highest BCUT2D eigenvalue weighted by atomic mass is 19.4. The molecule has 12 heteroatoms. The van der Waals surface area contributed by atoms with Crippen LogP contribution in [0, 0.1) is 5.82 Å². The van der Waals surface area contributed by atoms with Crippen LogP contribution in [0.2, 0.25) is 0 Å². The Morgan fingerprint density at radius 2 is 1.65 bits per heavy atom. The van der Waals surface area contributed by atoms with Crippen molar-refractivity contribution in [2.45, 2.75) is 25.1 Å². The number of carboxylic acids is 1. The van der Waals surface area contributed by atoms with E-state index < -0.39 is 57.3 Å². The zero-order valence-corrected chi connectivity index (χ0v) is 17.7. The van der Waals surface area contributed by atoms with Crippen molar-refractivity contribution in [1.82, 2.24) is 14.5 Å². The van der Waals surface area contributed by atoms with Crippen molar-refractivity contribution in [3.63, 3.8) is 0 Å². The number of carboxylic acid groups (broad SMARTS) is 1. The van der Waals surface area contributed by atoms with Gasteiger partial charge in [-0.2, -0.15) is 13.2 Å². The molecule has 1 saturated carbocycles. The molecule has 2 aliphatic rings. The zero-order valence-electron chi connectivity index (χ0n) is 17.7. The maximum Gasteiger partial charge on any atom is 0.420 e. The van der Waals surface area contributed by atoms with Gasteiger partial charge in [-0.25, -0.2) is 19.2 Å². The minimum Gasteiger partial charge on any atom is -0.477 e. The summed E-state index contributed by atoms with van der Waals surface area (Å²) >= 11 is 0. The van der Waals surface area contributed by atoms with E-state index in [4.69, 9.17) is 0 Å². The Morgan fingerprint density at radius 1 is 1.03 bits per heavy atom. The number of pyridine rings is 1. The van der Waals surface area contributed by atoms with E-state index in [1.807, 2.05) is 0 Å². The van der Waals surface area contributed by atoms with Gasteiger partial charge in [0.05, 0.1) is 11.2 Å². The standard InChI is InChI=1S/C22H19F4N5O3/c23-14-10-13-16(32)11-15(20(33)34)31(12-2-3-12)18(13)17(22(24,25)26)19(14)29-6-8-30(9-7-29)21-27-4-1-5-28-21/h1,4-5,10-12H,2-3,6-9H2,(H,33,34). The van der Waals surface area contributed by atoms with Crippen molar-refractivity contribution in [1.29, 1.82) is 0 Å². The number of hydrogen-bond donors (Lipinski definition) is 1. The summed E-state index contributed by atoms with van der Waals surface area (Å²) in [5, 5.41) is 9.10. The van der Waals surface area contributed by atoms with E-state index in [0.29, 0.717) is 18.8 Å². The number of aromatic nitrogens is 3. The fraction of sp³-hybridized carbons (Fsp3) is 0.364. The zero-order chi connectivity index (χ0) is 24.2. The van der Waals surface area contributed by atoms with Crippen molar-refractivity contribution in [3.05, 3.63) is 57.9 Å². The number of aromatic carboxylic acids is 1. The molecule has 1 aliphatic carbocycles. The van der Waals surface area contributed by atoms with Gasteiger partial charge in [0.2, 0.25) is 5.95 Å². The molecular formula is C22H19F4N5O3. The van der Waals surface area contributed by atoms with E-state index >= 15 is 4.39 Å². The van der Waals surface area contributed by atoms with Gasteiger partial charge in [0.1, 0.15) is 17.1 Å². The number of anilines is 2. The third-order valence-electron chi connectivity index (χ3n) is 6.11. The van der Waals surface area contributed by atoms with Crippen LogP contribution in [-0.4, -0.2) is 51.8 Å². The Balaban J connectivity index is 1.69. The van der Waals surface area contributed by atoms with E-state index in [9.17, 15) is 27.9 Å².